The maximum Gasteiger partial charge on any atom is 0.472 e. The summed E-state index contributed by atoms with van der Waals surface area (Å²) in [5, 5.41) is 18.4. The van der Waals surface area contributed by atoms with Crippen LogP contribution in [0.25, 0.3) is 0 Å². The van der Waals surface area contributed by atoms with E-state index in [0.717, 1.165) is 96.3 Å². The van der Waals surface area contributed by atoms with Gasteiger partial charge in [0.15, 0.2) is 0 Å². The predicted molar refractivity (Wildman–Crippen MR) is 269 cm³/mol. The Kier molecular flexibility index (Phi) is 48.2. The topological polar surface area (TPSA) is 132 Å². The molecule has 9 nitrogen and oxygen atoms in total. The number of carbonyl (C=O) groups excluding carboxylic acids is 1. The van der Waals surface area contributed by atoms with Gasteiger partial charge in [-0.2, -0.15) is 0 Å². The summed E-state index contributed by atoms with van der Waals surface area (Å²) < 4.78 is 33.5. The molecule has 0 rings (SSSR count). The van der Waals surface area contributed by atoms with Crippen LogP contribution in [0.15, 0.2) is 85.1 Å². The fourth-order valence-electron chi connectivity index (χ4n) is 6.71. The van der Waals surface area contributed by atoms with Crippen molar-refractivity contribution in [1.29, 1.82) is 0 Å². The van der Waals surface area contributed by atoms with Crippen LogP contribution in [0.1, 0.15) is 206 Å². The zero-order valence-electron chi connectivity index (χ0n) is 40.7. The van der Waals surface area contributed by atoms with E-state index in [1.165, 1.54) is 89.9 Å². The summed E-state index contributed by atoms with van der Waals surface area (Å²) in [6, 6.07) is 0. The minimum atomic E-state index is -4.53. The molecule has 0 aliphatic carbocycles. The maximum atomic E-state index is 12.7. The second-order valence-corrected chi connectivity index (χ2v) is 18.3. The van der Waals surface area contributed by atoms with Gasteiger partial charge in [0, 0.05) is 13.0 Å². The van der Waals surface area contributed by atoms with Gasteiger partial charge in [0.2, 0.25) is 0 Å². The molecular weight excluding hydrogens is 824 g/mol. The molecule has 64 heavy (non-hydrogen) atoms. The molecule has 0 aliphatic heterocycles. The van der Waals surface area contributed by atoms with E-state index in [1.54, 1.807) is 0 Å². The zero-order chi connectivity index (χ0) is 46.7. The molecule has 0 aliphatic rings. The van der Waals surface area contributed by atoms with Crippen LogP contribution in [-0.4, -0.2) is 66.3 Å². The number of aliphatic hydroxyl groups is 2. The lowest BCUT2D eigenvalue weighted by Gasteiger charge is -2.20. The SMILES string of the molecule is CC/C=C\C/C=C\C/C=C\C/C=C\C/C=C\CCCCCCCCCCOCC(COP(=O)(O)OCC(O)CO)OC(=O)CCCCCCCCCCC/C=C\C/C=C\CCCCC. The summed E-state index contributed by atoms with van der Waals surface area (Å²) in [6.45, 7) is 3.36. The summed E-state index contributed by atoms with van der Waals surface area (Å²) in [4.78, 5) is 22.7. The Morgan fingerprint density at radius 3 is 1.34 bits per heavy atom. The number of aliphatic hydroxyl groups excluding tert-OH is 2. The van der Waals surface area contributed by atoms with E-state index in [9.17, 15) is 19.4 Å². The van der Waals surface area contributed by atoms with Crippen molar-refractivity contribution in [2.75, 3.05) is 33.0 Å². The van der Waals surface area contributed by atoms with Crippen LogP contribution in [0.2, 0.25) is 0 Å². The van der Waals surface area contributed by atoms with Crippen LogP contribution in [0.4, 0.5) is 0 Å². The normalized spacial score (nSPS) is 14.5. The Morgan fingerprint density at radius 2 is 0.891 bits per heavy atom. The average Bonchev–Trinajstić information content (AvgIpc) is 3.29. The molecule has 0 aromatic heterocycles. The Labute approximate surface area is 392 Å². The third-order valence-electron chi connectivity index (χ3n) is 10.6. The lowest BCUT2D eigenvalue weighted by molar-refractivity contribution is -0.154. The molecule has 0 saturated carbocycles. The Morgan fingerprint density at radius 1 is 0.500 bits per heavy atom. The van der Waals surface area contributed by atoms with Crippen LogP contribution in [-0.2, 0) is 27.9 Å². The average molecular weight is 919 g/mol. The van der Waals surface area contributed by atoms with Crippen LogP contribution in [0, 0.1) is 0 Å². The number of allylic oxidation sites excluding steroid dienone is 14. The molecule has 3 N–H and O–H groups in total. The smallest absolute Gasteiger partial charge is 0.457 e. The van der Waals surface area contributed by atoms with Crippen molar-refractivity contribution in [3.63, 3.8) is 0 Å². The number of phosphoric acid groups is 1. The van der Waals surface area contributed by atoms with Crippen LogP contribution >= 0.6 is 7.82 Å². The molecule has 0 aromatic carbocycles. The molecule has 0 amide bonds. The highest BCUT2D eigenvalue weighted by Gasteiger charge is 2.26. The van der Waals surface area contributed by atoms with Gasteiger partial charge in [-0.25, -0.2) is 4.57 Å². The predicted octanol–water partition coefficient (Wildman–Crippen LogP) is 15.0. The fraction of sp³-hybridized carbons (Fsp3) is 0.722. The van der Waals surface area contributed by atoms with Gasteiger partial charge in [-0.1, -0.05) is 195 Å². The molecule has 0 fully saturated rings. The first-order valence-electron chi connectivity index (χ1n) is 25.6. The van der Waals surface area contributed by atoms with Gasteiger partial charge in [-0.15, -0.1) is 0 Å². The van der Waals surface area contributed by atoms with E-state index in [-0.39, 0.29) is 19.6 Å². The lowest BCUT2D eigenvalue weighted by Crippen LogP contribution is -2.29. The third-order valence-corrected chi connectivity index (χ3v) is 11.5. The van der Waals surface area contributed by atoms with Crippen molar-refractivity contribution < 1.29 is 43.0 Å². The van der Waals surface area contributed by atoms with Crippen molar-refractivity contribution in [1.82, 2.24) is 0 Å². The highest BCUT2D eigenvalue weighted by Crippen LogP contribution is 2.43. The molecule has 3 atom stereocenters. The number of unbranched alkanes of at least 4 members (excludes halogenated alkanes) is 20. The largest absolute Gasteiger partial charge is 0.472 e. The Bertz CT molecular complexity index is 1270. The molecule has 0 spiro atoms. The Balaban J connectivity index is 4.12. The first-order chi connectivity index (χ1) is 31.3. The monoisotopic (exact) mass is 919 g/mol. The van der Waals surface area contributed by atoms with Gasteiger partial charge in [0.05, 0.1) is 26.4 Å². The zero-order valence-corrected chi connectivity index (χ0v) is 41.6. The fourth-order valence-corrected chi connectivity index (χ4v) is 7.50. The maximum absolute atomic E-state index is 12.7. The molecule has 370 valence electrons. The van der Waals surface area contributed by atoms with Crippen molar-refractivity contribution in [2.24, 2.45) is 0 Å². The quantitative estimate of drug-likeness (QED) is 0.0236. The van der Waals surface area contributed by atoms with E-state index in [2.05, 4.69) is 98.9 Å². The number of ether oxygens (including phenoxy) is 2. The molecule has 0 heterocycles. The highest BCUT2D eigenvalue weighted by molar-refractivity contribution is 7.47. The molecule has 10 heteroatoms. The van der Waals surface area contributed by atoms with E-state index < -0.39 is 39.2 Å². The second kappa shape index (κ2) is 50.1. The van der Waals surface area contributed by atoms with Gasteiger partial charge >= 0.3 is 13.8 Å². The van der Waals surface area contributed by atoms with Crippen molar-refractivity contribution in [3.05, 3.63) is 85.1 Å². The molecule has 0 aromatic rings. The van der Waals surface area contributed by atoms with Gasteiger partial charge in [-0.05, 0) is 89.9 Å². The lowest BCUT2D eigenvalue weighted by atomic mass is 10.1. The van der Waals surface area contributed by atoms with Crippen LogP contribution < -0.4 is 0 Å². The molecule has 0 saturated heterocycles. The summed E-state index contributed by atoms with van der Waals surface area (Å²) in [7, 11) is -4.53. The number of hydrogen-bond acceptors (Lipinski definition) is 8. The van der Waals surface area contributed by atoms with Gasteiger partial charge < -0.3 is 24.6 Å². The molecule has 0 radical (unpaired) electrons. The summed E-state index contributed by atoms with van der Waals surface area (Å²) >= 11 is 0. The van der Waals surface area contributed by atoms with E-state index in [1.807, 2.05) is 0 Å². The molecule has 3 unspecified atom stereocenters. The summed E-state index contributed by atoms with van der Waals surface area (Å²) in [5.74, 6) is -0.392. The molecule has 0 bridgehead atoms. The number of esters is 1. The minimum Gasteiger partial charge on any atom is -0.457 e. The van der Waals surface area contributed by atoms with Crippen molar-refractivity contribution in [3.8, 4) is 0 Å². The van der Waals surface area contributed by atoms with Gasteiger partial charge in [-0.3, -0.25) is 13.8 Å². The number of hydrogen-bond donors (Lipinski definition) is 3. The van der Waals surface area contributed by atoms with E-state index in [0.29, 0.717) is 6.61 Å². The van der Waals surface area contributed by atoms with Gasteiger partial charge in [0.1, 0.15) is 12.2 Å². The van der Waals surface area contributed by atoms with Gasteiger partial charge in [0.25, 0.3) is 0 Å². The first kappa shape index (κ1) is 61.6. The van der Waals surface area contributed by atoms with Crippen molar-refractivity contribution >= 4 is 13.8 Å². The van der Waals surface area contributed by atoms with Crippen LogP contribution in [0.3, 0.4) is 0 Å². The number of phosphoric ester groups is 1. The highest BCUT2D eigenvalue weighted by atomic mass is 31.2. The minimum absolute atomic E-state index is 0.0374. The third kappa shape index (κ3) is 49.1. The van der Waals surface area contributed by atoms with Crippen LogP contribution in [0.5, 0.6) is 0 Å². The first-order valence-corrected chi connectivity index (χ1v) is 27.1. The van der Waals surface area contributed by atoms with E-state index in [4.69, 9.17) is 23.6 Å². The number of carbonyl (C=O) groups is 1. The second-order valence-electron chi connectivity index (χ2n) is 16.8. The number of rotatable bonds is 48. The summed E-state index contributed by atoms with van der Waals surface area (Å²) in [5.41, 5.74) is 0. The Hall–Kier alpha value is -2.36. The van der Waals surface area contributed by atoms with E-state index >= 15 is 0 Å². The van der Waals surface area contributed by atoms with Crippen molar-refractivity contribution in [2.45, 2.75) is 219 Å². The standard InChI is InChI=1S/C54H95O9P/c1-3-5-7-9-11-13-15-17-19-21-23-24-25-26-27-29-31-33-35-37-39-41-43-45-47-60-50-53(51-62-64(58,59)61-49-52(56)48-55)63-54(57)46-44-42-40-38-36-34-32-30-28-22-20-18-16-14-12-10-8-6-4-2/h5,7,11-14,17-20,23-24,26-27,52-53,55-56H,3-4,6,8-10,15-16,21-22,25,28-51H2,1-2H3,(H,58,59)/b7-5-,13-11-,14-12-,19-17-,20-18-,24-23-,27-26-. The summed E-state index contributed by atoms with van der Waals surface area (Å²) in [6.07, 6.45) is 62.6. The molecular formula is C54H95O9P.